The lowest BCUT2D eigenvalue weighted by atomic mass is 10.1. The van der Waals surface area contributed by atoms with Crippen LogP contribution in [-0.4, -0.2) is 31.0 Å². The third-order valence-corrected chi connectivity index (χ3v) is 3.31. The van der Waals surface area contributed by atoms with E-state index in [0.29, 0.717) is 16.9 Å². The summed E-state index contributed by atoms with van der Waals surface area (Å²) < 4.78 is 5.51. The molecule has 0 saturated heterocycles. The predicted octanol–water partition coefficient (Wildman–Crippen LogP) is 2.84. The Labute approximate surface area is 124 Å². The summed E-state index contributed by atoms with van der Waals surface area (Å²) in [5.74, 6) is -0.722. The molecule has 0 atom stereocenters. The first-order valence-corrected chi connectivity index (χ1v) is 6.63. The maximum atomic E-state index is 12.3. The summed E-state index contributed by atoms with van der Waals surface area (Å²) in [6.45, 7) is 0. The van der Waals surface area contributed by atoms with E-state index in [9.17, 15) is 9.59 Å². The number of methoxy groups -OCH3 is 1. The van der Waals surface area contributed by atoms with Gasteiger partial charge in [0.15, 0.2) is 0 Å². The third-order valence-electron chi connectivity index (χ3n) is 2.85. The quantitative estimate of drug-likeness (QED) is 0.876. The molecule has 1 aromatic heterocycles. The zero-order chi connectivity index (χ0) is 14.7. The van der Waals surface area contributed by atoms with Crippen molar-refractivity contribution < 1.29 is 14.3 Å². The standard InChI is InChI=1S/C14H13BrN2O3/c1-17(13(18)11-7-9(15)8-16-11)12-6-4-3-5-10(12)14(19)20-2/h3-8,16H,1-2H3. The van der Waals surface area contributed by atoms with Gasteiger partial charge in [0.05, 0.1) is 18.4 Å². The van der Waals surface area contributed by atoms with Gasteiger partial charge in [-0.2, -0.15) is 0 Å². The summed E-state index contributed by atoms with van der Waals surface area (Å²) in [5, 5.41) is 0. The summed E-state index contributed by atoms with van der Waals surface area (Å²) in [6, 6.07) is 8.48. The Hall–Kier alpha value is -2.08. The number of aromatic amines is 1. The number of carbonyl (C=O) groups is 2. The number of rotatable bonds is 3. The highest BCUT2D eigenvalue weighted by atomic mass is 79.9. The molecule has 1 aromatic carbocycles. The molecule has 0 aliphatic rings. The highest BCUT2D eigenvalue weighted by Crippen LogP contribution is 2.22. The number of H-pyrrole nitrogens is 1. The molecule has 0 unspecified atom stereocenters. The normalized spacial score (nSPS) is 10.2. The van der Waals surface area contributed by atoms with Crippen LogP contribution in [0.3, 0.4) is 0 Å². The van der Waals surface area contributed by atoms with E-state index < -0.39 is 5.97 Å². The van der Waals surface area contributed by atoms with E-state index in [2.05, 4.69) is 20.9 Å². The number of halogens is 1. The Balaban J connectivity index is 2.36. The number of carbonyl (C=O) groups excluding carboxylic acids is 2. The predicted molar refractivity (Wildman–Crippen MR) is 79.0 cm³/mol. The van der Waals surface area contributed by atoms with Crippen LogP contribution in [-0.2, 0) is 4.74 Å². The Morgan fingerprint density at radius 3 is 2.60 bits per heavy atom. The molecule has 0 saturated carbocycles. The Morgan fingerprint density at radius 1 is 1.30 bits per heavy atom. The van der Waals surface area contributed by atoms with Crippen LogP contribution in [0.5, 0.6) is 0 Å². The number of esters is 1. The molecular weight excluding hydrogens is 324 g/mol. The number of anilines is 1. The number of hydrogen-bond acceptors (Lipinski definition) is 3. The average molecular weight is 337 g/mol. The van der Waals surface area contributed by atoms with Gasteiger partial charge in [0.25, 0.3) is 5.91 Å². The number of hydrogen-bond donors (Lipinski definition) is 1. The van der Waals surface area contributed by atoms with E-state index in [1.165, 1.54) is 12.0 Å². The Kier molecular flexibility index (Phi) is 4.24. The molecule has 0 aliphatic carbocycles. The molecule has 1 N–H and O–H groups in total. The number of nitrogens with one attached hydrogen (secondary N) is 1. The highest BCUT2D eigenvalue weighted by Gasteiger charge is 2.20. The van der Waals surface area contributed by atoms with E-state index >= 15 is 0 Å². The second kappa shape index (κ2) is 5.92. The summed E-state index contributed by atoms with van der Waals surface area (Å²) in [6.07, 6.45) is 1.67. The van der Waals surface area contributed by atoms with Crippen LogP contribution in [0.15, 0.2) is 41.0 Å². The first-order valence-electron chi connectivity index (χ1n) is 5.84. The van der Waals surface area contributed by atoms with Gasteiger partial charge in [0.2, 0.25) is 0 Å². The van der Waals surface area contributed by atoms with Crippen molar-refractivity contribution in [3.8, 4) is 0 Å². The maximum absolute atomic E-state index is 12.3. The average Bonchev–Trinajstić information content (AvgIpc) is 2.91. The van der Waals surface area contributed by atoms with Crippen molar-refractivity contribution in [1.82, 2.24) is 4.98 Å². The second-order valence-corrected chi connectivity index (χ2v) is 5.02. The molecule has 0 bridgehead atoms. The first-order chi connectivity index (χ1) is 9.54. The van der Waals surface area contributed by atoms with Gasteiger partial charge in [-0.15, -0.1) is 0 Å². The number of ether oxygens (including phenoxy) is 1. The molecule has 2 rings (SSSR count). The lowest BCUT2D eigenvalue weighted by Gasteiger charge is -2.19. The summed E-state index contributed by atoms with van der Waals surface area (Å²) >= 11 is 3.28. The van der Waals surface area contributed by atoms with E-state index in [4.69, 9.17) is 4.74 Å². The van der Waals surface area contributed by atoms with Crippen molar-refractivity contribution >= 4 is 33.5 Å². The molecule has 1 amide bonds. The van der Waals surface area contributed by atoms with Gasteiger partial charge in [-0.05, 0) is 34.1 Å². The molecular formula is C14H13BrN2O3. The van der Waals surface area contributed by atoms with E-state index in [1.54, 1.807) is 43.6 Å². The molecule has 104 valence electrons. The molecule has 20 heavy (non-hydrogen) atoms. The second-order valence-electron chi connectivity index (χ2n) is 4.10. The minimum absolute atomic E-state index is 0.243. The molecule has 0 aliphatic heterocycles. The minimum Gasteiger partial charge on any atom is -0.465 e. The van der Waals surface area contributed by atoms with Crippen molar-refractivity contribution in [2.45, 2.75) is 0 Å². The summed E-state index contributed by atoms with van der Waals surface area (Å²) in [5.41, 5.74) is 1.27. The monoisotopic (exact) mass is 336 g/mol. The zero-order valence-electron chi connectivity index (χ0n) is 11.0. The van der Waals surface area contributed by atoms with Crippen LogP contribution in [0.25, 0.3) is 0 Å². The van der Waals surface area contributed by atoms with Crippen molar-refractivity contribution in [3.63, 3.8) is 0 Å². The molecule has 0 fully saturated rings. The minimum atomic E-state index is -0.479. The number of nitrogens with zero attached hydrogens (tertiary/aromatic N) is 1. The van der Waals surface area contributed by atoms with Crippen LogP contribution in [0.2, 0.25) is 0 Å². The zero-order valence-corrected chi connectivity index (χ0v) is 12.6. The lowest BCUT2D eigenvalue weighted by Crippen LogP contribution is -2.28. The van der Waals surface area contributed by atoms with Crippen LogP contribution < -0.4 is 4.90 Å². The van der Waals surface area contributed by atoms with Gasteiger partial charge >= 0.3 is 5.97 Å². The van der Waals surface area contributed by atoms with Crippen LogP contribution in [0.1, 0.15) is 20.8 Å². The molecule has 5 nitrogen and oxygen atoms in total. The lowest BCUT2D eigenvalue weighted by molar-refractivity contribution is 0.0601. The molecule has 1 heterocycles. The van der Waals surface area contributed by atoms with Crippen molar-refractivity contribution in [1.29, 1.82) is 0 Å². The van der Waals surface area contributed by atoms with Crippen molar-refractivity contribution in [2.75, 3.05) is 19.1 Å². The van der Waals surface area contributed by atoms with Gasteiger partial charge in [-0.1, -0.05) is 12.1 Å². The fourth-order valence-corrected chi connectivity index (χ4v) is 2.17. The Bertz CT molecular complexity index is 651. The van der Waals surface area contributed by atoms with Gasteiger partial charge in [0, 0.05) is 17.7 Å². The molecule has 0 radical (unpaired) electrons. The van der Waals surface area contributed by atoms with Crippen LogP contribution >= 0.6 is 15.9 Å². The fraction of sp³-hybridized carbons (Fsp3) is 0.143. The maximum Gasteiger partial charge on any atom is 0.339 e. The SMILES string of the molecule is COC(=O)c1ccccc1N(C)C(=O)c1cc(Br)c[nH]1. The van der Waals surface area contributed by atoms with Crippen LogP contribution in [0.4, 0.5) is 5.69 Å². The van der Waals surface area contributed by atoms with Crippen molar-refractivity contribution in [2.24, 2.45) is 0 Å². The Morgan fingerprint density at radius 2 is 2.00 bits per heavy atom. The number of amides is 1. The highest BCUT2D eigenvalue weighted by molar-refractivity contribution is 9.10. The van der Waals surface area contributed by atoms with Crippen molar-refractivity contribution in [3.05, 3.63) is 52.3 Å². The van der Waals surface area contributed by atoms with Crippen LogP contribution in [0, 0.1) is 0 Å². The molecule has 6 heteroatoms. The fourth-order valence-electron chi connectivity index (χ4n) is 1.83. The van der Waals surface area contributed by atoms with E-state index in [0.717, 1.165) is 4.47 Å². The number of benzene rings is 1. The van der Waals surface area contributed by atoms with E-state index in [-0.39, 0.29) is 5.91 Å². The van der Waals surface area contributed by atoms with E-state index in [1.807, 2.05) is 0 Å². The number of para-hydroxylation sites is 1. The topological polar surface area (TPSA) is 62.4 Å². The third kappa shape index (κ3) is 2.75. The first kappa shape index (κ1) is 14.3. The largest absolute Gasteiger partial charge is 0.465 e. The smallest absolute Gasteiger partial charge is 0.339 e. The summed E-state index contributed by atoms with van der Waals surface area (Å²) in [4.78, 5) is 28.3. The van der Waals surface area contributed by atoms with Gasteiger partial charge in [-0.25, -0.2) is 4.79 Å². The summed E-state index contributed by atoms with van der Waals surface area (Å²) in [7, 11) is 2.92. The van der Waals surface area contributed by atoms with Gasteiger partial charge in [-0.3, -0.25) is 4.79 Å². The number of aromatic nitrogens is 1. The van der Waals surface area contributed by atoms with Gasteiger partial charge in [0.1, 0.15) is 5.69 Å². The van der Waals surface area contributed by atoms with Gasteiger partial charge < -0.3 is 14.6 Å². The molecule has 2 aromatic rings. The molecule has 0 spiro atoms.